The molecule has 4 rings (SSSR count). The van der Waals surface area contributed by atoms with Gasteiger partial charge in [0.15, 0.2) is 5.79 Å². The summed E-state index contributed by atoms with van der Waals surface area (Å²) in [6.07, 6.45) is 0.0215. The van der Waals surface area contributed by atoms with Gasteiger partial charge in [0.2, 0.25) is 0 Å². The van der Waals surface area contributed by atoms with E-state index in [0.29, 0.717) is 5.56 Å². The van der Waals surface area contributed by atoms with Crippen LogP contribution in [-0.4, -0.2) is 52.7 Å². The van der Waals surface area contributed by atoms with Gasteiger partial charge in [-0.15, -0.1) is 0 Å². The van der Waals surface area contributed by atoms with Crippen molar-refractivity contribution in [2.75, 3.05) is 13.2 Å². The molecule has 9 heteroatoms. The molecule has 9 nitrogen and oxygen atoms in total. The molecular weight excluding hydrogens is 390 g/mol. The zero-order valence-corrected chi connectivity index (χ0v) is 17.1. The smallest absolute Gasteiger partial charge is 0.328 e. The summed E-state index contributed by atoms with van der Waals surface area (Å²) in [6, 6.07) is 8.16. The summed E-state index contributed by atoms with van der Waals surface area (Å²) in [5.74, 6) is -1.06. The van der Waals surface area contributed by atoms with Gasteiger partial charge in [-0.2, -0.15) is 0 Å². The lowest BCUT2D eigenvalue weighted by Crippen LogP contribution is -2.54. The average Bonchev–Trinajstić information content (AvgIpc) is 3.02. The molecule has 4 atom stereocenters. The number of aryl methyl sites for hydroxylation is 1. The number of aromatic amines is 1. The summed E-state index contributed by atoms with van der Waals surface area (Å²) in [4.78, 5) is 38.5. The molecule has 1 amide bonds. The van der Waals surface area contributed by atoms with Crippen molar-refractivity contribution in [3.63, 3.8) is 0 Å². The fourth-order valence-corrected chi connectivity index (χ4v) is 4.03. The van der Waals surface area contributed by atoms with Crippen LogP contribution in [0, 0.1) is 6.92 Å². The van der Waals surface area contributed by atoms with E-state index >= 15 is 0 Å². The third-order valence-electron chi connectivity index (χ3n) is 5.45. The van der Waals surface area contributed by atoms with Crippen LogP contribution < -0.4 is 16.6 Å². The number of hydrogen-bond donors (Lipinski definition) is 2. The van der Waals surface area contributed by atoms with E-state index in [-0.39, 0.29) is 19.1 Å². The van der Waals surface area contributed by atoms with Gasteiger partial charge in [-0.1, -0.05) is 18.2 Å². The van der Waals surface area contributed by atoms with E-state index < -0.39 is 41.4 Å². The number of nitrogens with zero attached hydrogens (tertiary/aromatic N) is 1. The first-order valence-electron chi connectivity index (χ1n) is 9.88. The lowest BCUT2D eigenvalue weighted by atomic mass is 9.97. The highest BCUT2D eigenvalue weighted by atomic mass is 16.8. The topological polar surface area (TPSA) is 112 Å². The number of H-pyrrole nitrogens is 1. The Morgan fingerprint density at radius 1 is 1.20 bits per heavy atom. The van der Waals surface area contributed by atoms with Gasteiger partial charge in [-0.05, 0) is 32.4 Å². The molecule has 2 saturated heterocycles. The number of benzene rings is 1. The fourth-order valence-electron chi connectivity index (χ4n) is 4.03. The van der Waals surface area contributed by atoms with Crippen molar-refractivity contribution in [1.29, 1.82) is 0 Å². The van der Waals surface area contributed by atoms with Crippen molar-refractivity contribution < 1.29 is 19.0 Å². The second kappa shape index (κ2) is 7.82. The molecule has 0 bridgehead atoms. The Balaban J connectivity index is 1.52. The first-order chi connectivity index (χ1) is 14.2. The van der Waals surface area contributed by atoms with E-state index in [4.69, 9.17) is 14.2 Å². The molecule has 1 aromatic heterocycles. The zero-order valence-electron chi connectivity index (χ0n) is 17.1. The second-order valence-electron chi connectivity index (χ2n) is 8.05. The van der Waals surface area contributed by atoms with Crippen molar-refractivity contribution in [2.24, 2.45) is 0 Å². The summed E-state index contributed by atoms with van der Waals surface area (Å²) >= 11 is 0. The molecule has 2 aliphatic rings. The van der Waals surface area contributed by atoms with E-state index in [9.17, 15) is 14.4 Å². The zero-order chi connectivity index (χ0) is 21.5. The van der Waals surface area contributed by atoms with Crippen molar-refractivity contribution in [3.05, 3.63) is 68.5 Å². The first-order valence-corrected chi connectivity index (χ1v) is 9.88. The highest BCUT2D eigenvalue weighted by Crippen LogP contribution is 2.39. The summed E-state index contributed by atoms with van der Waals surface area (Å²) in [5.41, 5.74) is 0.489. The van der Waals surface area contributed by atoms with Crippen LogP contribution in [0.3, 0.4) is 0 Å². The number of aromatic nitrogens is 2. The SMILES string of the molecule is Cc1ccccc1C(=O)NC[C@H]1OC[C@@H](n2ccc(=O)[nH]c2=O)[C@@H]2OC(C)(C)O[C@@H]21. The molecule has 30 heavy (non-hydrogen) atoms. The number of amides is 1. The van der Waals surface area contributed by atoms with Crippen LogP contribution in [0.5, 0.6) is 0 Å². The Kier molecular flexibility index (Phi) is 5.35. The maximum absolute atomic E-state index is 12.6. The van der Waals surface area contributed by atoms with Crippen LogP contribution >= 0.6 is 0 Å². The Hall–Kier alpha value is -2.75. The molecule has 2 fully saturated rings. The summed E-state index contributed by atoms with van der Waals surface area (Å²) in [7, 11) is 0. The molecule has 3 heterocycles. The number of fused-ring (bicyclic) bond motifs is 1. The molecule has 0 radical (unpaired) electrons. The molecule has 2 aliphatic heterocycles. The maximum atomic E-state index is 12.6. The minimum atomic E-state index is -0.870. The molecule has 0 spiro atoms. The number of hydrogen-bond acceptors (Lipinski definition) is 6. The predicted octanol–water partition coefficient (Wildman–Crippen LogP) is 0.735. The van der Waals surface area contributed by atoms with E-state index in [1.54, 1.807) is 19.9 Å². The lowest BCUT2D eigenvalue weighted by molar-refractivity contribution is -0.153. The van der Waals surface area contributed by atoms with Crippen LogP contribution in [-0.2, 0) is 14.2 Å². The third kappa shape index (κ3) is 3.96. The summed E-state index contributed by atoms with van der Waals surface area (Å²) in [5, 5.41) is 2.91. The van der Waals surface area contributed by atoms with Crippen LogP contribution in [0.25, 0.3) is 0 Å². The average molecular weight is 415 g/mol. The van der Waals surface area contributed by atoms with Crippen molar-refractivity contribution >= 4 is 5.91 Å². The molecule has 0 saturated carbocycles. The Morgan fingerprint density at radius 3 is 2.67 bits per heavy atom. The molecule has 2 aromatic rings. The Labute approximate surface area is 173 Å². The molecule has 2 N–H and O–H groups in total. The van der Waals surface area contributed by atoms with Crippen molar-refractivity contribution in [1.82, 2.24) is 14.9 Å². The van der Waals surface area contributed by atoms with Gasteiger partial charge in [0.1, 0.15) is 18.3 Å². The standard InChI is InChI=1S/C21H25N3O6/c1-12-6-4-5-7-13(12)19(26)22-10-15-18-17(29-21(2,3)30-18)14(11-28-15)24-9-8-16(25)23-20(24)27/h4-9,14-15,17-18H,10-11H2,1-3H3,(H,22,26)(H,23,25,27)/t14-,15-,17+,18-/m1/s1. The van der Waals surface area contributed by atoms with Gasteiger partial charge in [0.05, 0.1) is 12.6 Å². The van der Waals surface area contributed by atoms with Crippen LogP contribution in [0.4, 0.5) is 0 Å². The maximum Gasteiger partial charge on any atom is 0.328 e. The first kappa shape index (κ1) is 20.5. The van der Waals surface area contributed by atoms with Crippen molar-refractivity contribution in [2.45, 2.75) is 50.9 Å². The summed E-state index contributed by atoms with van der Waals surface area (Å²) < 4.78 is 19.5. The fraction of sp³-hybridized carbons (Fsp3) is 0.476. The van der Waals surface area contributed by atoms with E-state index in [2.05, 4.69) is 10.3 Å². The van der Waals surface area contributed by atoms with Gasteiger partial charge in [0, 0.05) is 24.4 Å². The highest BCUT2D eigenvalue weighted by molar-refractivity contribution is 5.95. The van der Waals surface area contributed by atoms with Gasteiger partial charge >= 0.3 is 5.69 Å². The highest BCUT2D eigenvalue weighted by Gasteiger charge is 2.52. The quantitative estimate of drug-likeness (QED) is 0.762. The van der Waals surface area contributed by atoms with Gasteiger partial charge in [-0.3, -0.25) is 19.1 Å². The minimum absolute atomic E-state index is 0.178. The van der Waals surface area contributed by atoms with Gasteiger partial charge in [-0.25, -0.2) is 4.79 Å². The molecule has 0 unspecified atom stereocenters. The van der Waals surface area contributed by atoms with Crippen LogP contribution in [0.1, 0.15) is 35.8 Å². The van der Waals surface area contributed by atoms with Gasteiger partial charge in [0.25, 0.3) is 11.5 Å². The largest absolute Gasteiger partial charge is 0.371 e. The van der Waals surface area contributed by atoms with Crippen molar-refractivity contribution in [3.8, 4) is 0 Å². The van der Waals surface area contributed by atoms with Gasteiger partial charge < -0.3 is 19.5 Å². The molecule has 0 aliphatic carbocycles. The Bertz CT molecular complexity index is 1060. The number of ether oxygens (including phenoxy) is 3. The minimum Gasteiger partial charge on any atom is -0.371 e. The normalized spacial score (nSPS) is 27.4. The van der Waals surface area contributed by atoms with Crippen LogP contribution in [0.15, 0.2) is 46.1 Å². The van der Waals surface area contributed by atoms with E-state index in [0.717, 1.165) is 5.56 Å². The number of carbonyl (C=O) groups excluding carboxylic acids is 1. The predicted molar refractivity (Wildman–Crippen MR) is 107 cm³/mol. The Morgan fingerprint density at radius 2 is 1.93 bits per heavy atom. The number of carbonyl (C=O) groups is 1. The van der Waals surface area contributed by atoms with E-state index in [1.165, 1.54) is 16.8 Å². The monoisotopic (exact) mass is 415 g/mol. The summed E-state index contributed by atoms with van der Waals surface area (Å²) in [6.45, 7) is 5.88. The second-order valence-corrected chi connectivity index (χ2v) is 8.05. The molecule has 1 aromatic carbocycles. The van der Waals surface area contributed by atoms with E-state index in [1.807, 2.05) is 25.1 Å². The number of rotatable bonds is 4. The third-order valence-corrected chi connectivity index (χ3v) is 5.45. The molecular formula is C21H25N3O6. The number of nitrogens with one attached hydrogen (secondary N) is 2. The molecule has 160 valence electrons. The van der Waals surface area contributed by atoms with Crippen LogP contribution in [0.2, 0.25) is 0 Å². The lowest BCUT2D eigenvalue weighted by Gasteiger charge is -2.37.